The van der Waals surface area contributed by atoms with Gasteiger partial charge >= 0.3 is 0 Å². The first-order chi connectivity index (χ1) is 45.2. The van der Waals surface area contributed by atoms with E-state index in [2.05, 4.69) is 381 Å². The molecular formula is C84H58N6O. The molecule has 0 aliphatic heterocycles. The third kappa shape index (κ3) is 9.30. The summed E-state index contributed by atoms with van der Waals surface area (Å²) in [6, 6.07) is 126. The van der Waals surface area contributed by atoms with E-state index in [9.17, 15) is 0 Å². The van der Waals surface area contributed by atoms with Crippen molar-refractivity contribution in [1.29, 1.82) is 0 Å². The Bertz CT molecular complexity index is 5030. The molecule has 3 heterocycles. The fourth-order valence-electron chi connectivity index (χ4n) is 13.6. The molecule has 14 aromatic carbocycles. The molecule has 0 aliphatic rings. The first kappa shape index (κ1) is 53.0. The topological polar surface area (TPSA) is 36.0 Å². The lowest BCUT2D eigenvalue weighted by Gasteiger charge is -2.26. The van der Waals surface area contributed by atoms with Crippen molar-refractivity contribution in [2.24, 2.45) is 0 Å². The maximum Gasteiger partial charge on any atom is 0.159 e. The lowest BCUT2D eigenvalue weighted by Crippen LogP contribution is -2.09. The summed E-state index contributed by atoms with van der Waals surface area (Å²) in [6.45, 7) is 0. The smallest absolute Gasteiger partial charge is 0.159 e. The van der Waals surface area contributed by atoms with Crippen molar-refractivity contribution in [2.45, 2.75) is 0 Å². The Hall–Kier alpha value is -12.3. The van der Waals surface area contributed by atoms with Crippen LogP contribution in [0.15, 0.2) is 356 Å². The van der Waals surface area contributed by atoms with Gasteiger partial charge in [0.05, 0.1) is 27.8 Å². The van der Waals surface area contributed by atoms with E-state index in [1.807, 2.05) is 0 Å². The SMILES string of the molecule is c1ccc(N(c2ccccc2)c2ccc3c(c2)c2cc(N(c4ccccc4)c4ccccc4)ccc2n3-c2ccc3oc4c(-n5c6ccc(N(c7ccccc7)c7ccccc7)cc6c6cc(N(c7ccccc7)c7ccccc7)ccc65)cccc4c3c2)cc1. The Morgan fingerprint density at radius 2 is 0.484 bits per heavy atom. The summed E-state index contributed by atoms with van der Waals surface area (Å²) >= 11 is 0. The zero-order valence-corrected chi connectivity index (χ0v) is 49.6. The second-order valence-electron chi connectivity index (χ2n) is 22.9. The van der Waals surface area contributed by atoms with Crippen LogP contribution in [0.5, 0.6) is 0 Å². The number of hydrogen-bond donors (Lipinski definition) is 0. The van der Waals surface area contributed by atoms with E-state index in [-0.39, 0.29) is 0 Å². The summed E-state index contributed by atoms with van der Waals surface area (Å²) < 4.78 is 12.0. The Morgan fingerprint density at radius 1 is 0.198 bits per heavy atom. The maximum atomic E-state index is 7.20. The van der Waals surface area contributed by atoms with Crippen molar-refractivity contribution >= 4 is 134 Å². The molecule has 0 aliphatic carbocycles. The molecule has 0 amide bonds. The summed E-state index contributed by atoms with van der Waals surface area (Å²) in [5, 5.41) is 6.57. The lowest BCUT2D eigenvalue weighted by molar-refractivity contribution is 0.666. The zero-order chi connectivity index (χ0) is 60.2. The fourth-order valence-corrected chi connectivity index (χ4v) is 13.6. The molecule has 91 heavy (non-hydrogen) atoms. The first-order valence-corrected chi connectivity index (χ1v) is 30.9. The molecule has 0 spiro atoms. The van der Waals surface area contributed by atoms with Crippen LogP contribution in [0, 0.1) is 0 Å². The normalized spacial score (nSPS) is 11.5. The molecule has 17 aromatic rings. The molecule has 0 saturated heterocycles. The van der Waals surface area contributed by atoms with Crippen LogP contribution < -0.4 is 19.6 Å². The third-order valence-electron chi connectivity index (χ3n) is 17.6. The van der Waals surface area contributed by atoms with Gasteiger partial charge in [-0.15, -0.1) is 0 Å². The molecule has 3 aromatic heterocycles. The van der Waals surface area contributed by atoms with Crippen molar-refractivity contribution in [3.05, 3.63) is 352 Å². The van der Waals surface area contributed by atoms with Gasteiger partial charge in [0.2, 0.25) is 0 Å². The van der Waals surface area contributed by atoms with Gasteiger partial charge in [-0.2, -0.15) is 0 Å². The number of benzene rings is 14. The second-order valence-corrected chi connectivity index (χ2v) is 22.9. The van der Waals surface area contributed by atoms with Gasteiger partial charge in [-0.05, 0) is 194 Å². The Balaban J connectivity index is 0.862. The highest BCUT2D eigenvalue weighted by molar-refractivity contribution is 6.16. The summed E-state index contributed by atoms with van der Waals surface area (Å²) in [5.74, 6) is 0. The summed E-state index contributed by atoms with van der Waals surface area (Å²) in [4.78, 5) is 9.37. The molecule has 7 heteroatoms. The Kier molecular flexibility index (Phi) is 13.1. The molecule has 0 fully saturated rings. The van der Waals surface area contributed by atoms with Crippen LogP contribution in [-0.4, -0.2) is 9.13 Å². The number of rotatable bonds is 14. The van der Waals surface area contributed by atoms with Crippen molar-refractivity contribution < 1.29 is 4.42 Å². The van der Waals surface area contributed by atoms with E-state index in [0.717, 1.165) is 145 Å². The van der Waals surface area contributed by atoms with Gasteiger partial charge in [-0.1, -0.05) is 158 Å². The minimum Gasteiger partial charge on any atom is -0.454 e. The molecule has 0 unspecified atom stereocenters. The number of nitrogens with zero attached hydrogens (tertiary/aromatic N) is 6. The average Bonchev–Trinajstić information content (AvgIpc) is 1.64. The lowest BCUT2D eigenvalue weighted by atomic mass is 10.1. The zero-order valence-electron chi connectivity index (χ0n) is 49.6. The van der Waals surface area contributed by atoms with Crippen LogP contribution in [0.3, 0.4) is 0 Å². The first-order valence-electron chi connectivity index (χ1n) is 30.9. The average molecular weight is 1170 g/mol. The van der Waals surface area contributed by atoms with E-state index in [4.69, 9.17) is 4.42 Å². The minimum absolute atomic E-state index is 0.812. The van der Waals surface area contributed by atoms with Gasteiger partial charge in [0.15, 0.2) is 5.58 Å². The van der Waals surface area contributed by atoms with Crippen LogP contribution in [-0.2, 0) is 0 Å². The molecule has 430 valence electrons. The number of fused-ring (bicyclic) bond motifs is 9. The number of furan rings is 1. The van der Waals surface area contributed by atoms with Crippen molar-refractivity contribution in [1.82, 2.24) is 9.13 Å². The van der Waals surface area contributed by atoms with E-state index in [0.29, 0.717) is 0 Å². The number of anilines is 12. The number of aromatic nitrogens is 2. The van der Waals surface area contributed by atoms with Gasteiger partial charge in [-0.3, -0.25) is 0 Å². The summed E-state index contributed by atoms with van der Waals surface area (Å²) in [7, 11) is 0. The Labute approximate surface area is 527 Å². The van der Waals surface area contributed by atoms with Crippen molar-refractivity contribution in [3.8, 4) is 11.4 Å². The fraction of sp³-hybridized carbons (Fsp3) is 0. The van der Waals surface area contributed by atoms with Gasteiger partial charge in [-0.25, -0.2) is 0 Å². The molecule has 0 radical (unpaired) electrons. The van der Waals surface area contributed by atoms with Crippen LogP contribution in [0.25, 0.3) is 76.9 Å². The standard InChI is InChI=1S/C84H58N6O/c1-9-26-59(27-10-1)85(60-28-11-2-12-29-60)67-44-49-78-73(54-67)74-55-68(86(61-30-13-3-14-31-61)62-32-15-4-16-33-62)45-50-79(74)89(78)71-48-53-83-77(58-71)72-42-25-43-82(84(72)91-83)90-80-51-46-69(87(63-34-17-5-18-35-63)64-36-19-6-20-37-64)56-75(80)76-57-70(47-52-81(76)90)88(65-38-21-7-22-39-65)66-40-23-8-24-41-66/h1-58H. The summed E-state index contributed by atoms with van der Waals surface area (Å²) in [6.07, 6.45) is 0. The molecule has 0 saturated carbocycles. The highest BCUT2D eigenvalue weighted by atomic mass is 16.3. The third-order valence-corrected chi connectivity index (χ3v) is 17.6. The Morgan fingerprint density at radius 3 is 0.780 bits per heavy atom. The maximum absolute atomic E-state index is 7.20. The van der Waals surface area contributed by atoms with Gasteiger partial charge < -0.3 is 33.2 Å². The van der Waals surface area contributed by atoms with E-state index < -0.39 is 0 Å². The van der Waals surface area contributed by atoms with Crippen LogP contribution in [0.4, 0.5) is 68.2 Å². The largest absolute Gasteiger partial charge is 0.454 e. The highest BCUT2D eigenvalue weighted by Gasteiger charge is 2.25. The molecule has 7 nitrogen and oxygen atoms in total. The monoisotopic (exact) mass is 1170 g/mol. The molecule has 0 atom stereocenters. The van der Waals surface area contributed by atoms with Crippen LogP contribution in [0.1, 0.15) is 0 Å². The highest BCUT2D eigenvalue weighted by Crippen LogP contribution is 2.47. The molecule has 17 rings (SSSR count). The van der Waals surface area contributed by atoms with Crippen LogP contribution >= 0.6 is 0 Å². The van der Waals surface area contributed by atoms with E-state index >= 15 is 0 Å². The number of para-hydroxylation sites is 9. The molecule has 0 bridgehead atoms. The van der Waals surface area contributed by atoms with Gasteiger partial charge in [0.25, 0.3) is 0 Å². The summed E-state index contributed by atoms with van der Waals surface area (Å²) in [5.41, 5.74) is 20.8. The molecular weight excluding hydrogens is 1110 g/mol. The molecule has 0 N–H and O–H groups in total. The number of hydrogen-bond acceptors (Lipinski definition) is 5. The van der Waals surface area contributed by atoms with Gasteiger partial charge in [0, 0.05) is 106 Å². The minimum atomic E-state index is 0.812. The predicted molar refractivity (Wildman–Crippen MR) is 381 cm³/mol. The van der Waals surface area contributed by atoms with E-state index in [1.165, 1.54) is 0 Å². The predicted octanol–water partition coefficient (Wildman–Crippen LogP) is 23.7. The van der Waals surface area contributed by atoms with Crippen molar-refractivity contribution in [2.75, 3.05) is 19.6 Å². The van der Waals surface area contributed by atoms with Crippen LogP contribution in [0.2, 0.25) is 0 Å². The van der Waals surface area contributed by atoms with Gasteiger partial charge in [0.1, 0.15) is 5.58 Å². The quantitative estimate of drug-likeness (QED) is 0.108. The van der Waals surface area contributed by atoms with E-state index in [1.54, 1.807) is 0 Å². The second kappa shape index (κ2) is 22.4. The van der Waals surface area contributed by atoms with Crippen molar-refractivity contribution in [3.63, 3.8) is 0 Å².